The number of ether oxygens (including phenoxy) is 4. The molecule has 504 valence electrons. The number of amides is 3. The number of hydrogen-bond donors (Lipinski definition) is 3. The Labute approximate surface area is 563 Å². The second-order valence-electron chi connectivity index (χ2n) is 28.6. The Morgan fingerprint density at radius 2 is 1.13 bits per heavy atom. The van der Waals surface area contributed by atoms with Crippen molar-refractivity contribution in [2.24, 2.45) is 23.7 Å². The summed E-state index contributed by atoms with van der Waals surface area (Å²) in [6.07, 6.45) is 22.2. The summed E-state index contributed by atoms with van der Waals surface area (Å²) in [6, 6.07) is 23.6. The number of nitrogens with zero attached hydrogens (tertiary/aromatic N) is 3. The molecular formula is C74H97Cl2N5O10S2. The molecule has 0 aromatic heterocycles. The predicted molar refractivity (Wildman–Crippen MR) is 378 cm³/mol. The highest BCUT2D eigenvalue weighted by molar-refractivity contribution is 7.99. The van der Waals surface area contributed by atoms with Gasteiger partial charge in [-0.25, -0.2) is 8.42 Å². The number of carbonyl (C=O) groups is 3. The maximum atomic E-state index is 13.8. The van der Waals surface area contributed by atoms with Crippen LogP contribution in [-0.2, 0) is 57.4 Å². The van der Waals surface area contributed by atoms with E-state index in [9.17, 15) is 27.9 Å². The highest BCUT2D eigenvalue weighted by atomic mass is 35.5. The van der Waals surface area contributed by atoms with Crippen molar-refractivity contribution in [3.63, 3.8) is 0 Å². The number of fused-ring (bicyclic) bond motifs is 8. The lowest BCUT2D eigenvalue weighted by Crippen LogP contribution is -2.50. The van der Waals surface area contributed by atoms with E-state index in [0.29, 0.717) is 74.7 Å². The van der Waals surface area contributed by atoms with Crippen LogP contribution in [0.4, 0.5) is 11.4 Å². The highest BCUT2D eigenvalue weighted by Crippen LogP contribution is 2.50. The molecule has 4 aromatic carbocycles. The van der Waals surface area contributed by atoms with Crippen LogP contribution in [0.2, 0.25) is 10.0 Å². The number of allylic oxidation sites excluding steroid dienone is 2. The Hall–Kier alpha value is -5.53. The van der Waals surface area contributed by atoms with Crippen molar-refractivity contribution in [2.45, 2.75) is 170 Å². The molecule has 19 heteroatoms. The molecule has 2 spiro atoms. The number of aryl methyl sites for hydroxylation is 2. The number of anilines is 2. The lowest BCUT2D eigenvalue weighted by atomic mass is 9.68. The number of nitrogens with one attached hydrogen (secondary N) is 2. The largest absolute Gasteiger partial charge is 0.490 e. The molecule has 0 saturated heterocycles. The Morgan fingerprint density at radius 3 is 1.54 bits per heavy atom. The lowest BCUT2D eigenvalue weighted by Gasteiger charge is -2.46. The fourth-order valence-electron chi connectivity index (χ4n) is 15.8. The number of rotatable bonds is 8. The summed E-state index contributed by atoms with van der Waals surface area (Å²) in [6.45, 7) is 11.9. The average molecular weight is 1350 g/mol. The summed E-state index contributed by atoms with van der Waals surface area (Å²) in [5, 5.41) is 11.5. The van der Waals surface area contributed by atoms with E-state index in [1.807, 2.05) is 50.2 Å². The molecule has 3 amide bonds. The highest BCUT2D eigenvalue weighted by Gasteiger charge is 2.47. The standard InChI is InChI=1S/C37H48ClN3O5S.C37H49ClN2O5S/c1-5-29-10-6-7-11-33(45-22-35(42)40(2)3)30-15-12-27(30)21-41-23-37(18-8-9-25-19-28(38)14-16-31(25)37)24-46-34-17-13-26(20-32(34)41)36(43)39-47(29,4)44;1-5-29-10-6-7-11-33(44-23-36(2,3)42)30-15-12-27(30)21-40-22-37(18-8-9-25-19-28(38)14-16-31(25)37)24-45-34-17-13-26(20-32(34)40)35(41)39-46(29,4)43/h7,11,13-14,16-17,19-20,27,29-30,33H,4-6,8-10,12,15,18,21-24H2,1-3H3,(H,39,43,44);7,11,13-14,16-17,19-20,27,29-30,33,42H,4-6,8-10,12,15,18,21-24H2,1-3H3,(H,39,41,43)/b2*11-7+/t27-,29+,30+,33-,37-,47?;27-,29+,30+,33-,37-,46?/m00/s1. The molecule has 4 aliphatic heterocycles. The van der Waals surface area contributed by atoms with Gasteiger partial charge in [-0.2, -0.15) is 0 Å². The van der Waals surface area contributed by atoms with Gasteiger partial charge in [-0.15, -0.1) is 0 Å². The van der Waals surface area contributed by atoms with Crippen molar-refractivity contribution in [1.82, 2.24) is 14.3 Å². The van der Waals surface area contributed by atoms with Crippen molar-refractivity contribution >= 4 is 83.5 Å². The quantitative estimate of drug-likeness (QED) is 0.113. The minimum atomic E-state index is -2.92. The van der Waals surface area contributed by atoms with E-state index in [2.05, 4.69) is 79.6 Å². The molecule has 12 rings (SSSR count). The van der Waals surface area contributed by atoms with Gasteiger partial charge in [-0.1, -0.05) is 73.5 Å². The molecule has 93 heavy (non-hydrogen) atoms. The van der Waals surface area contributed by atoms with E-state index in [4.69, 9.17) is 42.1 Å². The van der Waals surface area contributed by atoms with Gasteiger partial charge in [0, 0.05) is 82.8 Å². The van der Waals surface area contributed by atoms with Crippen molar-refractivity contribution in [1.29, 1.82) is 0 Å². The van der Waals surface area contributed by atoms with Crippen molar-refractivity contribution in [3.8, 4) is 11.5 Å². The Balaban J connectivity index is 0.000000190. The maximum absolute atomic E-state index is 13.8. The van der Waals surface area contributed by atoms with E-state index in [1.54, 1.807) is 45.0 Å². The number of benzene rings is 4. The molecule has 4 aromatic rings. The first-order valence-corrected chi connectivity index (χ1v) is 38.2. The number of carbonyl (C=O) groups excluding carboxylic acids is 3. The Morgan fingerprint density at radius 1 is 0.677 bits per heavy atom. The summed E-state index contributed by atoms with van der Waals surface area (Å²) in [5.41, 5.74) is 6.36. The smallest absolute Gasteiger partial charge is 0.262 e. The van der Waals surface area contributed by atoms with Gasteiger partial charge in [0.15, 0.2) is 0 Å². The molecule has 4 heterocycles. The van der Waals surface area contributed by atoms with Crippen LogP contribution in [-0.4, -0.2) is 143 Å². The predicted octanol–water partition coefficient (Wildman–Crippen LogP) is 12.3. The molecule has 0 radical (unpaired) electrons. The number of halogens is 2. The monoisotopic (exact) mass is 1350 g/mol. The van der Waals surface area contributed by atoms with Gasteiger partial charge in [0.2, 0.25) is 5.91 Å². The van der Waals surface area contributed by atoms with Gasteiger partial charge < -0.3 is 38.8 Å². The fourth-order valence-corrected chi connectivity index (χ4v) is 19.5. The van der Waals surface area contributed by atoms with Gasteiger partial charge in [-0.05, 0) is 235 Å². The summed E-state index contributed by atoms with van der Waals surface area (Å²) in [4.78, 5) is 46.2. The Bertz CT molecular complexity index is 3700. The zero-order chi connectivity index (χ0) is 66.0. The molecule has 4 aliphatic carbocycles. The first-order chi connectivity index (χ1) is 44.4. The van der Waals surface area contributed by atoms with Crippen LogP contribution in [0, 0.1) is 23.7 Å². The van der Waals surface area contributed by atoms with E-state index < -0.39 is 25.0 Å². The van der Waals surface area contributed by atoms with E-state index in [1.165, 1.54) is 22.3 Å². The summed E-state index contributed by atoms with van der Waals surface area (Å²) in [7, 11) is -2.34. The summed E-state index contributed by atoms with van der Waals surface area (Å²) < 4.78 is 59.3. The van der Waals surface area contributed by atoms with Crippen LogP contribution < -0.4 is 28.7 Å². The van der Waals surface area contributed by atoms with Crippen molar-refractivity contribution < 1.29 is 46.9 Å². The topological polar surface area (TPSA) is 176 Å². The van der Waals surface area contributed by atoms with Crippen LogP contribution >= 0.6 is 23.2 Å². The van der Waals surface area contributed by atoms with Gasteiger partial charge >= 0.3 is 0 Å². The molecule has 12 atom stereocenters. The lowest BCUT2D eigenvalue weighted by molar-refractivity contribution is -0.137. The second-order valence-corrected chi connectivity index (χ2v) is 34.1. The molecule has 3 N–H and O–H groups in total. The number of likely N-dealkylation sites (N-methyl/N-ethyl adjacent to an activating group) is 1. The van der Waals surface area contributed by atoms with Crippen LogP contribution in [0.15, 0.2) is 97.1 Å². The molecule has 15 nitrogen and oxygen atoms in total. The van der Waals surface area contributed by atoms with E-state index >= 15 is 0 Å². The van der Waals surface area contributed by atoms with E-state index in [0.717, 1.165) is 123 Å². The summed E-state index contributed by atoms with van der Waals surface area (Å²) in [5.74, 6) is 9.90. The first kappa shape index (κ1) is 68.8. The van der Waals surface area contributed by atoms with Crippen molar-refractivity contribution in [3.05, 3.63) is 141 Å². The minimum absolute atomic E-state index is 0.0216. The van der Waals surface area contributed by atoms with Crippen molar-refractivity contribution in [2.75, 3.05) is 76.5 Å². The molecule has 2 unspecified atom stereocenters. The molecule has 2 saturated carbocycles. The molecule has 4 bridgehead atoms. The fraction of sp³-hybridized carbons (Fsp3) is 0.554. The minimum Gasteiger partial charge on any atom is -0.490 e. The third-order valence-corrected chi connectivity index (χ3v) is 26.1. The second kappa shape index (κ2) is 28.7. The normalized spacial score (nSPS) is 31.8. The van der Waals surface area contributed by atoms with Crippen LogP contribution in [0.1, 0.15) is 161 Å². The van der Waals surface area contributed by atoms with Gasteiger partial charge in [-0.3, -0.25) is 23.8 Å². The SMILES string of the molecule is C=S1(=O)NC(=O)c2ccc3c(c2)N(C[C@@H]2CC[C@H]2[C@@H](OCC(=O)N(C)C)/C=C/CC[C@H]1CC)C[C@@]1(CCCc2cc(Cl)ccc21)CO3.C=S1(=O)NC(=O)c2ccc3c(c2)N(C[C@@H]2CC[C@H]2[C@@H](OCC(C)(C)O)/C=C/CC[C@H]1CC)C[C@@]1(CCCc2cc(Cl)ccc21)CO3. The summed E-state index contributed by atoms with van der Waals surface area (Å²) >= 11 is 12.9. The van der Waals surface area contributed by atoms with Crippen LogP contribution in [0.25, 0.3) is 0 Å². The third-order valence-electron chi connectivity index (χ3n) is 21.3. The number of aliphatic hydroxyl groups is 1. The van der Waals surface area contributed by atoms with Gasteiger partial charge in [0.1, 0.15) is 18.1 Å². The maximum Gasteiger partial charge on any atom is 0.262 e. The van der Waals surface area contributed by atoms with E-state index in [-0.39, 0.29) is 76.3 Å². The third kappa shape index (κ3) is 15.5. The molecule has 2 fully saturated rings. The zero-order valence-electron chi connectivity index (χ0n) is 55.3. The first-order valence-electron chi connectivity index (χ1n) is 33.8. The zero-order valence-corrected chi connectivity index (χ0v) is 58.4. The average Bonchev–Trinajstić information content (AvgIpc) is 1.71. The molecule has 8 aliphatic rings. The number of hydrogen-bond acceptors (Lipinski definition) is 12. The van der Waals surface area contributed by atoms with Crippen LogP contribution in [0.5, 0.6) is 11.5 Å². The Kier molecular flexibility index (Phi) is 21.2. The van der Waals surface area contributed by atoms with Crippen LogP contribution in [0.3, 0.4) is 0 Å². The molecular weight excluding hydrogens is 1250 g/mol. The van der Waals surface area contributed by atoms with Gasteiger partial charge in [0.25, 0.3) is 11.8 Å². The van der Waals surface area contributed by atoms with Gasteiger partial charge in [0.05, 0.1) is 68.4 Å².